The van der Waals surface area contributed by atoms with E-state index in [1.165, 1.54) is 12.1 Å². The molecule has 1 aromatic rings. The van der Waals surface area contributed by atoms with Crippen molar-refractivity contribution in [3.8, 4) is 0 Å². The van der Waals surface area contributed by atoms with E-state index < -0.39 is 11.7 Å². The van der Waals surface area contributed by atoms with Gasteiger partial charge in [0.1, 0.15) is 0 Å². The number of hydrogen-bond acceptors (Lipinski definition) is 1. The molecular formula is C14H18F3N. The number of benzene rings is 1. The molecule has 0 amide bonds. The predicted molar refractivity (Wildman–Crippen MR) is 65.1 cm³/mol. The fraction of sp³-hybridized carbons (Fsp3) is 0.571. The molecule has 2 N–H and O–H groups in total. The molecule has 0 radical (unpaired) electrons. The quantitative estimate of drug-likeness (QED) is 0.880. The second-order valence-corrected chi connectivity index (χ2v) is 5.41. The second kappa shape index (κ2) is 4.26. The van der Waals surface area contributed by atoms with Gasteiger partial charge in [-0.3, -0.25) is 0 Å². The van der Waals surface area contributed by atoms with Gasteiger partial charge in [-0.1, -0.05) is 26.0 Å². The van der Waals surface area contributed by atoms with Gasteiger partial charge in [0, 0.05) is 5.41 Å². The Labute approximate surface area is 105 Å². The minimum absolute atomic E-state index is 0.0150. The zero-order valence-corrected chi connectivity index (χ0v) is 10.6. The predicted octanol–water partition coefficient (Wildman–Crippen LogP) is 3.58. The highest BCUT2D eigenvalue weighted by molar-refractivity contribution is 5.37. The zero-order valence-electron chi connectivity index (χ0n) is 10.6. The molecule has 0 heterocycles. The van der Waals surface area contributed by atoms with E-state index in [-0.39, 0.29) is 5.41 Å². The van der Waals surface area contributed by atoms with Crippen molar-refractivity contribution in [2.75, 3.05) is 6.54 Å². The van der Waals surface area contributed by atoms with Crippen LogP contribution in [-0.4, -0.2) is 6.54 Å². The fourth-order valence-electron chi connectivity index (χ4n) is 3.01. The highest BCUT2D eigenvalue weighted by atomic mass is 19.4. The van der Waals surface area contributed by atoms with Crippen LogP contribution < -0.4 is 5.73 Å². The Morgan fingerprint density at radius 1 is 1.28 bits per heavy atom. The summed E-state index contributed by atoms with van der Waals surface area (Å²) in [6.45, 7) is 4.81. The number of rotatable bonds is 3. The molecule has 1 aromatic carbocycles. The number of nitrogens with two attached hydrogens (primary N) is 1. The minimum Gasteiger partial charge on any atom is -0.330 e. The summed E-state index contributed by atoms with van der Waals surface area (Å²) in [4.78, 5) is 0. The minimum atomic E-state index is -4.26. The van der Waals surface area contributed by atoms with Crippen LogP contribution in [0.15, 0.2) is 24.3 Å². The lowest BCUT2D eigenvalue weighted by molar-refractivity contribution is -0.137. The summed E-state index contributed by atoms with van der Waals surface area (Å²) >= 11 is 0. The molecule has 1 unspecified atom stereocenters. The summed E-state index contributed by atoms with van der Waals surface area (Å²) in [6.07, 6.45) is -3.28. The van der Waals surface area contributed by atoms with Crippen molar-refractivity contribution < 1.29 is 13.2 Å². The van der Waals surface area contributed by atoms with Crippen LogP contribution in [-0.2, 0) is 11.6 Å². The summed E-state index contributed by atoms with van der Waals surface area (Å²) in [5, 5.41) is 0. The fourth-order valence-corrected chi connectivity index (χ4v) is 3.01. The molecule has 4 heteroatoms. The highest BCUT2D eigenvalue weighted by Gasteiger charge is 2.56. The van der Waals surface area contributed by atoms with E-state index in [0.717, 1.165) is 12.0 Å². The van der Waals surface area contributed by atoms with Gasteiger partial charge < -0.3 is 5.73 Å². The standard InChI is InChI=1S/C14H18F3N/c1-9(2)13(7-12(13)8-18)10-3-5-11(6-4-10)14(15,16)17/h3-6,9,12H,7-8,18H2,1-2H3/t12-,13?/m0/s1. The van der Waals surface area contributed by atoms with Crippen LogP contribution in [0.2, 0.25) is 0 Å². The third kappa shape index (κ3) is 2.03. The van der Waals surface area contributed by atoms with Gasteiger partial charge in [0.05, 0.1) is 5.56 Å². The molecule has 1 saturated carbocycles. The van der Waals surface area contributed by atoms with E-state index in [2.05, 4.69) is 13.8 Å². The molecule has 0 saturated heterocycles. The monoisotopic (exact) mass is 257 g/mol. The van der Waals surface area contributed by atoms with Crippen LogP contribution in [0.5, 0.6) is 0 Å². The van der Waals surface area contributed by atoms with E-state index >= 15 is 0 Å². The lowest BCUT2D eigenvalue weighted by Gasteiger charge is -2.23. The average molecular weight is 257 g/mol. The molecule has 2 rings (SSSR count). The molecule has 100 valence electrons. The van der Waals surface area contributed by atoms with Crippen molar-refractivity contribution >= 4 is 0 Å². The summed E-state index contributed by atoms with van der Waals surface area (Å²) in [6, 6.07) is 5.56. The van der Waals surface area contributed by atoms with Crippen molar-refractivity contribution in [3.63, 3.8) is 0 Å². The first-order valence-electron chi connectivity index (χ1n) is 6.20. The number of hydrogen-bond donors (Lipinski definition) is 1. The smallest absolute Gasteiger partial charge is 0.330 e. The molecule has 0 aliphatic heterocycles. The first-order valence-corrected chi connectivity index (χ1v) is 6.20. The molecule has 1 nitrogen and oxygen atoms in total. The summed E-state index contributed by atoms with van der Waals surface area (Å²) < 4.78 is 37.5. The van der Waals surface area contributed by atoms with Gasteiger partial charge in [0.15, 0.2) is 0 Å². The van der Waals surface area contributed by atoms with Crippen molar-refractivity contribution in [3.05, 3.63) is 35.4 Å². The topological polar surface area (TPSA) is 26.0 Å². The van der Waals surface area contributed by atoms with Gasteiger partial charge >= 0.3 is 6.18 Å². The Bertz CT molecular complexity index is 422. The third-order valence-electron chi connectivity index (χ3n) is 4.22. The Morgan fingerprint density at radius 3 is 2.17 bits per heavy atom. The van der Waals surface area contributed by atoms with E-state index in [4.69, 9.17) is 5.73 Å². The molecule has 0 bridgehead atoms. The van der Waals surface area contributed by atoms with Gasteiger partial charge in [-0.25, -0.2) is 0 Å². The number of alkyl halides is 3. The molecule has 0 aromatic heterocycles. The first-order chi connectivity index (χ1) is 8.32. The first kappa shape index (κ1) is 13.4. The molecule has 0 spiro atoms. The van der Waals surface area contributed by atoms with Crippen LogP contribution in [0.3, 0.4) is 0 Å². The maximum absolute atomic E-state index is 12.5. The molecule has 1 aliphatic carbocycles. The lowest BCUT2D eigenvalue weighted by Crippen LogP contribution is -2.21. The Kier molecular flexibility index (Phi) is 3.18. The van der Waals surface area contributed by atoms with E-state index in [9.17, 15) is 13.2 Å². The number of halogens is 3. The Hall–Kier alpha value is -1.03. The van der Waals surface area contributed by atoms with Crippen LogP contribution >= 0.6 is 0 Å². The zero-order chi connectivity index (χ0) is 13.6. The van der Waals surface area contributed by atoms with Crippen LogP contribution in [0.25, 0.3) is 0 Å². The van der Waals surface area contributed by atoms with Gasteiger partial charge in [0.25, 0.3) is 0 Å². The van der Waals surface area contributed by atoms with E-state index in [1.807, 2.05) is 0 Å². The third-order valence-corrected chi connectivity index (χ3v) is 4.22. The van der Waals surface area contributed by atoms with E-state index in [1.54, 1.807) is 12.1 Å². The normalized spacial score (nSPS) is 27.6. The van der Waals surface area contributed by atoms with Crippen LogP contribution in [0.1, 0.15) is 31.4 Å². The average Bonchev–Trinajstić information content (AvgIpc) is 3.04. The molecular weight excluding hydrogens is 239 g/mol. The Balaban J connectivity index is 2.30. The van der Waals surface area contributed by atoms with E-state index in [0.29, 0.717) is 18.4 Å². The second-order valence-electron chi connectivity index (χ2n) is 5.41. The maximum atomic E-state index is 12.5. The van der Waals surface area contributed by atoms with Gasteiger partial charge in [-0.2, -0.15) is 13.2 Å². The molecule has 1 fully saturated rings. The Morgan fingerprint density at radius 2 is 1.83 bits per heavy atom. The SMILES string of the molecule is CC(C)C1(c2ccc(C(F)(F)F)cc2)C[C@H]1CN. The summed E-state index contributed by atoms with van der Waals surface area (Å²) in [5.41, 5.74) is 6.09. The summed E-state index contributed by atoms with van der Waals surface area (Å²) in [5.74, 6) is 0.789. The van der Waals surface area contributed by atoms with Crippen molar-refractivity contribution in [1.29, 1.82) is 0 Å². The molecule has 18 heavy (non-hydrogen) atoms. The highest BCUT2D eigenvalue weighted by Crippen LogP contribution is 2.58. The van der Waals surface area contributed by atoms with Crippen molar-refractivity contribution in [2.45, 2.75) is 31.9 Å². The largest absolute Gasteiger partial charge is 0.416 e. The van der Waals surface area contributed by atoms with Crippen molar-refractivity contribution in [1.82, 2.24) is 0 Å². The van der Waals surface area contributed by atoms with Gasteiger partial charge in [-0.05, 0) is 42.5 Å². The molecule has 2 atom stereocenters. The van der Waals surface area contributed by atoms with Crippen LogP contribution in [0, 0.1) is 11.8 Å². The molecule has 1 aliphatic rings. The van der Waals surface area contributed by atoms with Crippen LogP contribution in [0.4, 0.5) is 13.2 Å². The summed E-state index contributed by atoms with van der Waals surface area (Å²) in [7, 11) is 0. The lowest BCUT2D eigenvalue weighted by atomic mass is 9.82. The maximum Gasteiger partial charge on any atom is 0.416 e. The van der Waals surface area contributed by atoms with Gasteiger partial charge in [0.2, 0.25) is 0 Å². The van der Waals surface area contributed by atoms with Crippen molar-refractivity contribution in [2.24, 2.45) is 17.6 Å². The van der Waals surface area contributed by atoms with Gasteiger partial charge in [-0.15, -0.1) is 0 Å².